The van der Waals surface area contributed by atoms with E-state index in [1.807, 2.05) is 0 Å². The molecule has 0 radical (unpaired) electrons. The Morgan fingerprint density at radius 3 is 2.73 bits per heavy atom. The molecule has 1 saturated heterocycles. The van der Waals surface area contributed by atoms with Gasteiger partial charge in [-0.2, -0.15) is 0 Å². The highest BCUT2D eigenvalue weighted by Crippen LogP contribution is 2.16. The number of amides is 1. The average Bonchev–Trinajstić information content (AvgIpc) is 2.74. The van der Waals surface area contributed by atoms with Crippen molar-refractivity contribution in [2.75, 3.05) is 24.3 Å². The molecule has 0 aliphatic carbocycles. The van der Waals surface area contributed by atoms with E-state index in [1.165, 1.54) is 0 Å². The molecule has 1 aliphatic rings. The topological polar surface area (TPSA) is 64.3 Å². The minimum Gasteiger partial charge on any atom is -0.399 e. The minimum atomic E-state index is -0.0115. The third-order valence-electron chi connectivity index (χ3n) is 2.48. The highest BCUT2D eigenvalue weighted by Gasteiger charge is 2.23. The predicted molar refractivity (Wildman–Crippen MR) is 58.4 cm³/mol. The number of benzene rings is 1. The Kier molecular flexibility index (Phi) is 2.87. The smallest absolute Gasteiger partial charge is 0.229 e. The molecule has 0 spiro atoms. The number of nitrogens with two attached hydrogens (primary N) is 1. The lowest BCUT2D eigenvalue weighted by Crippen LogP contribution is -2.22. The Hall–Kier alpha value is -1.55. The molecule has 1 heterocycles. The van der Waals surface area contributed by atoms with Crippen molar-refractivity contribution >= 4 is 17.3 Å². The molecule has 1 atom stereocenters. The monoisotopic (exact) mass is 206 g/mol. The Balaban J connectivity index is 1.96. The maximum absolute atomic E-state index is 11.7. The van der Waals surface area contributed by atoms with Crippen molar-refractivity contribution in [2.45, 2.75) is 6.42 Å². The normalized spacial score (nSPS) is 20.1. The van der Waals surface area contributed by atoms with Crippen LogP contribution in [0.25, 0.3) is 0 Å². The molecule has 0 saturated carbocycles. The molecule has 1 aromatic carbocycles. The second-order valence-corrected chi connectivity index (χ2v) is 3.67. The molecule has 1 aromatic rings. The van der Waals surface area contributed by atoms with E-state index in [-0.39, 0.29) is 11.8 Å². The molecule has 3 N–H and O–H groups in total. The van der Waals surface area contributed by atoms with Crippen molar-refractivity contribution < 1.29 is 9.53 Å². The zero-order valence-corrected chi connectivity index (χ0v) is 8.40. The van der Waals surface area contributed by atoms with E-state index in [9.17, 15) is 4.79 Å². The van der Waals surface area contributed by atoms with Crippen molar-refractivity contribution in [3.63, 3.8) is 0 Å². The lowest BCUT2D eigenvalue weighted by Gasteiger charge is -2.09. The van der Waals surface area contributed by atoms with Gasteiger partial charge in [-0.15, -0.1) is 0 Å². The summed E-state index contributed by atoms with van der Waals surface area (Å²) in [4.78, 5) is 11.7. The van der Waals surface area contributed by atoms with Gasteiger partial charge in [0.05, 0.1) is 12.5 Å². The van der Waals surface area contributed by atoms with Crippen LogP contribution in [0, 0.1) is 5.92 Å². The number of carbonyl (C=O) groups excluding carboxylic acids is 1. The summed E-state index contributed by atoms with van der Waals surface area (Å²) >= 11 is 0. The highest BCUT2D eigenvalue weighted by molar-refractivity contribution is 5.92. The summed E-state index contributed by atoms with van der Waals surface area (Å²) in [6.07, 6.45) is 0.806. The number of hydrogen-bond acceptors (Lipinski definition) is 3. The fraction of sp³-hybridized carbons (Fsp3) is 0.364. The molecule has 0 aromatic heterocycles. The van der Waals surface area contributed by atoms with Crippen molar-refractivity contribution in [1.82, 2.24) is 0 Å². The average molecular weight is 206 g/mol. The fourth-order valence-corrected chi connectivity index (χ4v) is 1.55. The van der Waals surface area contributed by atoms with E-state index in [1.54, 1.807) is 24.3 Å². The highest BCUT2D eigenvalue weighted by atomic mass is 16.5. The number of rotatable bonds is 2. The molecule has 1 unspecified atom stereocenters. The van der Waals surface area contributed by atoms with E-state index in [0.717, 1.165) is 12.1 Å². The first-order valence-corrected chi connectivity index (χ1v) is 5.00. The molecule has 2 rings (SSSR count). The van der Waals surface area contributed by atoms with Gasteiger partial charge in [0.1, 0.15) is 0 Å². The summed E-state index contributed by atoms with van der Waals surface area (Å²) in [5, 5.41) is 2.84. The maximum Gasteiger partial charge on any atom is 0.229 e. The summed E-state index contributed by atoms with van der Waals surface area (Å²) in [5.41, 5.74) is 7.02. The number of carbonyl (C=O) groups is 1. The number of nitrogens with one attached hydrogen (secondary N) is 1. The van der Waals surface area contributed by atoms with E-state index < -0.39 is 0 Å². The van der Waals surface area contributed by atoms with Crippen molar-refractivity contribution in [3.05, 3.63) is 24.3 Å². The van der Waals surface area contributed by atoms with Gasteiger partial charge < -0.3 is 15.8 Å². The number of hydrogen-bond donors (Lipinski definition) is 2. The molecule has 15 heavy (non-hydrogen) atoms. The third-order valence-corrected chi connectivity index (χ3v) is 2.48. The molecule has 4 nitrogen and oxygen atoms in total. The first-order chi connectivity index (χ1) is 7.25. The molecule has 0 bridgehead atoms. The quantitative estimate of drug-likeness (QED) is 0.715. The van der Waals surface area contributed by atoms with Crippen molar-refractivity contribution in [3.8, 4) is 0 Å². The zero-order valence-electron chi connectivity index (χ0n) is 8.40. The van der Waals surface area contributed by atoms with Crippen LogP contribution < -0.4 is 11.1 Å². The van der Waals surface area contributed by atoms with E-state index >= 15 is 0 Å². The van der Waals surface area contributed by atoms with Crippen LogP contribution in [0.2, 0.25) is 0 Å². The largest absolute Gasteiger partial charge is 0.399 e. The third kappa shape index (κ3) is 2.47. The van der Waals surface area contributed by atoms with Crippen LogP contribution in [0.1, 0.15) is 6.42 Å². The van der Waals surface area contributed by atoms with Gasteiger partial charge in [-0.05, 0) is 30.7 Å². The number of nitrogen functional groups attached to an aromatic ring is 1. The van der Waals surface area contributed by atoms with Crippen LogP contribution in [0.15, 0.2) is 24.3 Å². The van der Waals surface area contributed by atoms with Crippen LogP contribution in [0.3, 0.4) is 0 Å². The van der Waals surface area contributed by atoms with Gasteiger partial charge in [-0.1, -0.05) is 0 Å². The van der Waals surface area contributed by atoms with Gasteiger partial charge in [0.2, 0.25) is 5.91 Å². The van der Waals surface area contributed by atoms with Crippen LogP contribution in [-0.2, 0) is 9.53 Å². The van der Waals surface area contributed by atoms with Gasteiger partial charge in [0, 0.05) is 18.0 Å². The standard InChI is InChI=1S/C11H14N2O2/c12-9-1-3-10(4-2-9)13-11(14)8-5-6-15-7-8/h1-4,8H,5-7,12H2,(H,13,14). The second kappa shape index (κ2) is 4.31. The summed E-state index contributed by atoms with van der Waals surface area (Å²) in [6.45, 7) is 1.21. The van der Waals surface area contributed by atoms with E-state index in [0.29, 0.717) is 18.9 Å². The summed E-state index contributed by atoms with van der Waals surface area (Å²) in [7, 11) is 0. The molecule has 1 amide bonds. The molecule has 1 fully saturated rings. The van der Waals surface area contributed by atoms with Crippen LogP contribution in [0.5, 0.6) is 0 Å². The zero-order chi connectivity index (χ0) is 10.7. The Bertz CT molecular complexity index is 342. The second-order valence-electron chi connectivity index (χ2n) is 3.67. The van der Waals surface area contributed by atoms with Gasteiger partial charge in [-0.3, -0.25) is 4.79 Å². The molecule has 4 heteroatoms. The first kappa shape index (κ1) is 9.98. The summed E-state index contributed by atoms with van der Waals surface area (Å²) < 4.78 is 5.15. The lowest BCUT2D eigenvalue weighted by molar-refractivity contribution is -0.119. The van der Waals surface area contributed by atoms with Crippen molar-refractivity contribution in [2.24, 2.45) is 5.92 Å². The van der Waals surface area contributed by atoms with E-state index in [4.69, 9.17) is 10.5 Å². The summed E-state index contributed by atoms with van der Waals surface area (Å²) in [5.74, 6) is 0.0137. The van der Waals surface area contributed by atoms with Gasteiger partial charge >= 0.3 is 0 Å². The van der Waals surface area contributed by atoms with Crippen LogP contribution in [0.4, 0.5) is 11.4 Å². The summed E-state index contributed by atoms with van der Waals surface area (Å²) in [6, 6.07) is 7.12. The van der Waals surface area contributed by atoms with Crippen molar-refractivity contribution in [1.29, 1.82) is 0 Å². The molecular weight excluding hydrogens is 192 g/mol. The Morgan fingerprint density at radius 2 is 2.13 bits per heavy atom. The minimum absolute atomic E-state index is 0.0115. The SMILES string of the molecule is Nc1ccc(NC(=O)C2CCOC2)cc1. The number of anilines is 2. The first-order valence-electron chi connectivity index (χ1n) is 5.00. The van der Waals surface area contributed by atoms with Gasteiger partial charge in [0.25, 0.3) is 0 Å². The number of ether oxygens (including phenoxy) is 1. The van der Waals surface area contributed by atoms with Gasteiger partial charge in [-0.25, -0.2) is 0 Å². The van der Waals surface area contributed by atoms with Crippen LogP contribution in [-0.4, -0.2) is 19.1 Å². The maximum atomic E-state index is 11.7. The molecule has 1 aliphatic heterocycles. The Labute approximate surface area is 88.4 Å². The molecular formula is C11H14N2O2. The van der Waals surface area contributed by atoms with Crippen LogP contribution >= 0.6 is 0 Å². The van der Waals surface area contributed by atoms with E-state index in [2.05, 4.69) is 5.32 Å². The fourth-order valence-electron chi connectivity index (χ4n) is 1.55. The predicted octanol–water partition coefficient (Wildman–Crippen LogP) is 1.24. The van der Waals surface area contributed by atoms with Gasteiger partial charge in [0.15, 0.2) is 0 Å². The lowest BCUT2D eigenvalue weighted by atomic mass is 10.1. The molecule has 80 valence electrons. The Morgan fingerprint density at radius 1 is 1.40 bits per heavy atom.